The Kier molecular flexibility index (Phi) is 6.50. The van der Waals surface area contributed by atoms with Gasteiger partial charge in [0, 0.05) is 19.1 Å². The molecule has 28 heavy (non-hydrogen) atoms. The molecule has 1 fully saturated rings. The van der Waals surface area contributed by atoms with E-state index in [2.05, 4.69) is 22.1 Å². The van der Waals surface area contributed by atoms with E-state index >= 15 is 0 Å². The van der Waals surface area contributed by atoms with Crippen LogP contribution in [0.15, 0.2) is 16.9 Å². The number of hydrogen-bond donors (Lipinski definition) is 1. The summed E-state index contributed by atoms with van der Waals surface area (Å²) >= 11 is 0. The molecule has 2 heterocycles. The fraction of sp³-hybridized carbons (Fsp3) is 0.591. The minimum absolute atomic E-state index is 0.0291. The number of aryl methyl sites for hydroxylation is 3. The lowest BCUT2D eigenvalue weighted by atomic mass is 10.0. The summed E-state index contributed by atoms with van der Waals surface area (Å²) in [6, 6.07) is 4.57. The summed E-state index contributed by atoms with van der Waals surface area (Å²) in [6.45, 7) is 10.8. The highest BCUT2D eigenvalue weighted by Crippen LogP contribution is 2.17. The number of benzene rings is 1. The van der Waals surface area contributed by atoms with Gasteiger partial charge in [0.05, 0.1) is 11.0 Å². The van der Waals surface area contributed by atoms with Crippen molar-refractivity contribution < 1.29 is 4.79 Å². The van der Waals surface area contributed by atoms with E-state index < -0.39 is 0 Å². The van der Waals surface area contributed by atoms with Crippen molar-refractivity contribution in [1.82, 2.24) is 19.8 Å². The molecule has 0 bridgehead atoms. The lowest BCUT2D eigenvalue weighted by molar-refractivity contribution is -0.121. The van der Waals surface area contributed by atoms with Crippen molar-refractivity contribution in [1.29, 1.82) is 0 Å². The quantitative estimate of drug-likeness (QED) is 0.778. The summed E-state index contributed by atoms with van der Waals surface area (Å²) in [5, 5.41) is 2.98. The zero-order valence-electron chi connectivity index (χ0n) is 17.5. The molecule has 6 nitrogen and oxygen atoms in total. The summed E-state index contributed by atoms with van der Waals surface area (Å²) in [6.07, 6.45) is 4.79. The maximum Gasteiger partial charge on any atom is 0.272 e. The van der Waals surface area contributed by atoms with Gasteiger partial charge >= 0.3 is 0 Å². The van der Waals surface area contributed by atoms with Crippen molar-refractivity contribution in [3.63, 3.8) is 0 Å². The predicted octanol–water partition coefficient (Wildman–Crippen LogP) is 2.70. The van der Waals surface area contributed by atoms with E-state index in [1.54, 1.807) is 11.5 Å². The normalized spacial score (nSPS) is 17.8. The third-order valence-corrected chi connectivity index (χ3v) is 5.91. The van der Waals surface area contributed by atoms with Gasteiger partial charge in [0.2, 0.25) is 5.91 Å². The maximum absolute atomic E-state index is 12.6. The number of piperidine rings is 1. The highest BCUT2D eigenvalue weighted by atomic mass is 16.2. The van der Waals surface area contributed by atoms with E-state index in [1.165, 1.54) is 19.3 Å². The third-order valence-electron chi connectivity index (χ3n) is 5.91. The third kappa shape index (κ3) is 4.61. The standard InChI is InChI=1S/C22H32N4O2/c1-15-12-19-20(13-16(15)2)26(22(28)18(4)24-19)14-21(27)23-9-7-11-25-10-6-5-8-17(25)3/h12-13,17H,5-11,14H2,1-4H3,(H,23,27). The van der Waals surface area contributed by atoms with Crippen LogP contribution in [0.5, 0.6) is 0 Å². The molecule has 2 aromatic rings. The number of carbonyl (C=O) groups excluding carboxylic acids is 1. The van der Waals surface area contributed by atoms with Gasteiger partial charge in [-0.2, -0.15) is 0 Å². The number of nitrogens with zero attached hydrogens (tertiary/aromatic N) is 3. The number of nitrogens with one attached hydrogen (secondary N) is 1. The van der Waals surface area contributed by atoms with Crippen LogP contribution in [0.4, 0.5) is 0 Å². The molecule has 152 valence electrons. The van der Waals surface area contributed by atoms with Crippen molar-refractivity contribution in [2.75, 3.05) is 19.6 Å². The summed E-state index contributed by atoms with van der Waals surface area (Å²) < 4.78 is 1.55. The van der Waals surface area contributed by atoms with Crippen LogP contribution < -0.4 is 10.9 Å². The van der Waals surface area contributed by atoms with Crippen molar-refractivity contribution in [3.8, 4) is 0 Å². The molecule has 1 aromatic carbocycles. The number of amides is 1. The Bertz CT molecular complexity index is 919. The van der Waals surface area contributed by atoms with E-state index in [0.717, 1.165) is 41.7 Å². The summed E-state index contributed by atoms with van der Waals surface area (Å²) in [4.78, 5) is 32.0. The van der Waals surface area contributed by atoms with Crippen molar-refractivity contribution in [3.05, 3.63) is 39.3 Å². The molecule has 6 heteroatoms. The number of rotatable bonds is 6. The second-order valence-corrected chi connectivity index (χ2v) is 8.10. The van der Waals surface area contributed by atoms with Crippen molar-refractivity contribution in [2.24, 2.45) is 0 Å². The lowest BCUT2D eigenvalue weighted by Gasteiger charge is -2.33. The highest BCUT2D eigenvalue weighted by molar-refractivity contribution is 5.81. The van der Waals surface area contributed by atoms with Gasteiger partial charge in [0.15, 0.2) is 0 Å². The fourth-order valence-corrected chi connectivity index (χ4v) is 3.98. The molecular weight excluding hydrogens is 352 g/mol. The molecule has 1 aromatic heterocycles. The van der Waals surface area contributed by atoms with Crippen LogP contribution in [0.2, 0.25) is 0 Å². The molecule has 1 saturated heterocycles. The zero-order chi connectivity index (χ0) is 20.3. The first kappa shape index (κ1) is 20.5. The lowest BCUT2D eigenvalue weighted by Crippen LogP contribution is -2.39. The molecule has 3 rings (SSSR count). The smallest absolute Gasteiger partial charge is 0.272 e. The molecule has 1 amide bonds. The van der Waals surface area contributed by atoms with Gasteiger partial charge in [0.1, 0.15) is 12.2 Å². The number of fused-ring (bicyclic) bond motifs is 1. The zero-order valence-corrected chi connectivity index (χ0v) is 17.5. The molecule has 1 aliphatic rings. The van der Waals surface area contributed by atoms with Gasteiger partial charge in [-0.15, -0.1) is 0 Å². The van der Waals surface area contributed by atoms with Gasteiger partial charge in [-0.25, -0.2) is 4.98 Å². The first-order chi connectivity index (χ1) is 13.4. The molecule has 0 radical (unpaired) electrons. The van der Waals surface area contributed by atoms with Gasteiger partial charge < -0.3 is 10.2 Å². The van der Waals surface area contributed by atoms with Crippen LogP contribution in [0, 0.1) is 20.8 Å². The van der Waals surface area contributed by atoms with Crippen LogP contribution in [-0.4, -0.2) is 46.0 Å². The Morgan fingerprint density at radius 2 is 1.96 bits per heavy atom. The molecule has 1 atom stereocenters. The number of hydrogen-bond acceptors (Lipinski definition) is 4. The Labute approximate surface area is 166 Å². The van der Waals surface area contributed by atoms with Crippen LogP contribution in [0.3, 0.4) is 0 Å². The van der Waals surface area contributed by atoms with Crippen LogP contribution in [0.25, 0.3) is 11.0 Å². The molecule has 1 unspecified atom stereocenters. The van der Waals surface area contributed by atoms with Gasteiger partial charge in [-0.05, 0) is 76.8 Å². The predicted molar refractivity (Wildman–Crippen MR) is 113 cm³/mol. The number of aromatic nitrogens is 2. The maximum atomic E-state index is 12.6. The van der Waals surface area contributed by atoms with E-state index in [0.29, 0.717) is 18.3 Å². The summed E-state index contributed by atoms with van der Waals surface area (Å²) in [5.74, 6) is -0.126. The molecule has 1 N–H and O–H groups in total. The first-order valence-electron chi connectivity index (χ1n) is 10.4. The molecule has 0 saturated carbocycles. The van der Waals surface area contributed by atoms with Gasteiger partial charge in [-0.1, -0.05) is 6.42 Å². The Morgan fingerprint density at radius 1 is 1.21 bits per heavy atom. The SMILES string of the molecule is Cc1cc2nc(C)c(=O)n(CC(=O)NCCCN3CCCCC3C)c2cc1C. The van der Waals surface area contributed by atoms with Crippen LogP contribution in [0.1, 0.15) is 49.4 Å². The molecule has 0 aliphatic carbocycles. The Morgan fingerprint density at radius 3 is 2.71 bits per heavy atom. The van der Waals surface area contributed by atoms with E-state index in [4.69, 9.17) is 0 Å². The molecule has 0 spiro atoms. The minimum Gasteiger partial charge on any atom is -0.355 e. The molecule has 1 aliphatic heterocycles. The van der Waals surface area contributed by atoms with Gasteiger partial charge in [-0.3, -0.25) is 14.2 Å². The van der Waals surface area contributed by atoms with Crippen molar-refractivity contribution in [2.45, 2.75) is 66.0 Å². The topological polar surface area (TPSA) is 67.2 Å². The van der Waals surface area contributed by atoms with Crippen LogP contribution in [-0.2, 0) is 11.3 Å². The minimum atomic E-state index is -0.201. The van der Waals surface area contributed by atoms with E-state index in [1.807, 2.05) is 26.0 Å². The number of carbonyl (C=O) groups is 1. The van der Waals surface area contributed by atoms with Gasteiger partial charge in [0.25, 0.3) is 5.56 Å². The first-order valence-corrected chi connectivity index (χ1v) is 10.4. The Hall–Kier alpha value is -2.21. The fourth-order valence-electron chi connectivity index (χ4n) is 3.98. The van der Waals surface area contributed by atoms with E-state index in [-0.39, 0.29) is 18.0 Å². The van der Waals surface area contributed by atoms with Crippen LogP contribution >= 0.6 is 0 Å². The largest absolute Gasteiger partial charge is 0.355 e. The second kappa shape index (κ2) is 8.86. The van der Waals surface area contributed by atoms with Crippen molar-refractivity contribution >= 4 is 16.9 Å². The summed E-state index contributed by atoms with van der Waals surface area (Å²) in [5.41, 5.74) is 3.90. The van der Waals surface area contributed by atoms with E-state index in [9.17, 15) is 9.59 Å². The highest BCUT2D eigenvalue weighted by Gasteiger charge is 2.17. The monoisotopic (exact) mass is 384 g/mol. The number of likely N-dealkylation sites (tertiary alicyclic amines) is 1. The average Bonchev–Trinajstić information content (AvgIpc) is 2.66. The second-order valence-electron chi connectivity index (χ2n) is 8.10. The summed E-state index contributed by atoms with van der Waals surface area (Å²) in [7, 11) is 0. The average molecular weight is 385 g/mol. The Balaban J connectivity index is 1.63. The molecular formula is C22H32N4O2.